The Hall–Kier alpha value is -1.33. The molecule has 0 amide bonds. The lowest BCUT2D eigenvalue weighted by molar-refractivity contribution is 0.168. The molecule has 108 valence electrons. The molecule has 0 aliphatic carbocycles. The Morgan fingerprint density at radius 2 is 1.85 bits per heavy atom. The highest BCUT2D eigenvalue weighted by atomic mass is 32.1. The molecule has 1 unspecified atom stereocenters. The van der Waals surface area contributed by atoms with Crippen molar-refractivity contribution in [2.24, 2.45) is 0 Å². The van der Waals surface area contributed by atoms with Gasteiger partial charge in [-0.3, -0.25) is 0 Å². The van der Waals surface area contributed by atoms with Gasteiger partial charge in [-0.2, -0.15) is 0 Å². The van der Waals surface area contributed by atoms with Crippen LogP contribution in [-0.4, -0.2) is 10.1 Å². The van der Waals surface area contributed by atoms with Crippen molar-refractivity contribution in [3.8, 4) is 0 Å². The summed E-state index contributed by atoms with van der Waals surface area (Å²) in [6.07, 6.45) is -1.12. The van der Waals surface area contributed by atoms with E-state index < -0.39 is 17.7 Å². The topological polar surface area (TPSA) is 33.1 Å². The summed E-state index contributed by atoms with van der Waals surface area (Å²) in [4.78, 5) is 4.42. The zero-order valence-electron chi connectivity index (χ0n) is 11.7. The Bertz CT molecular complexity index is 584. The van der Waals surface area contributed by atoms with E-state index in [-0.39, 0.29) is 17.4 Å². The first-order valence-electron chi connectivity index (χ1n) is 6.36. The number of nitrogens with zero attached hydrogens (tertiary/aromatic N) is 1. The molecule has 2 nitrogen and oxygen atoms in total. The Morgan fingerprint density at radius 3 is 2.35 bits per heavy atom. The van der Waals surface area contributed by atoms with Crippen LogP contribution < -0.4 is 0 Å². The van der Waals surface area contributed by atoms with E-state index in [1.165, 1.54) is 17.4 Å². The maximum Gasteiger partial charge on any atom is 0.131 e. The van der Waals surface area contributed by atoms with Crippen LogP contribution in [0.4, 0.5) is 8.78 Å². The van der Waals surface area contributed by atoms with Gasteiger partial charge in [0.2, 0.25) is 0 Å². The van der Waals surface area contributed by atoms with Crippen LogP contribution in [0.25, 0.3) is 0 Å². The highest BCUT2D eigenvalue weighted by molar-refractivity contribution is 7.09. The van der Waals surface area contributed by atoms with Gasteiger partial charge in [-0.25, -0.2) is 13.8 Å². The smallest absolute Gasteiger partial charge is 0.131 e. The molecule has 0 spiro atoms. The quantitative estimate of drug-likeness (QED) is 0.929. The number of hydrogen-bond donors (Lipinski definition) is 1. The lowest BCUT2D eigenvalue weighted by Gasteiger charge is -2.14. The summed E-state index contributed by atoms with van der Waals surface area (Å²) in [6.45, 7) is 6.12. The van der Waals surface area contributed by atoms with Crippen LogP contribution in [0.3, 0.4) is 0 Å². The Kier molecular flexibility index (Phi) is 4.20. The molecule has 0 saturated heterocycles. The molecule has 1 aromatic carbocycles. The molecule has 1 aromatic heterocycles. The second-order valence-electron chi connectivity index (χ2n) is 5.73. The number of aliphatic hydroxyl groups excluding tert-OH is 1. The molecule has 5 heteroatoms. The molecule has 1 atom stereocenters. The fourth-order valence-corrected chi connectivity index (χ4v) is 2.90. The molecule has 1 heterocycles. The first-order valence-corrected chi connectivity index (χ1v) is 7.24. The molecule has 0 bridgehead atoms. The SMILES string of the molecule is CC(C)(C)c1csc(CC(O)c2c(F)cccc2F)n1. The molecule has 0 saturated carbocycles. The molecule has 1 N–H and O–H groups in total. The van der Waals surface area contributed by atoms with E-state index in [0.717, 1.165) is 17.8 Å². The molecular formula is C15H17F2NOS. The van der Waals surface area contributed by atoms with E-state index in [9.17, 15) is 13.9 Å². The summed E-state index contributed by atoms with van der Waals surface area (Å²) >= 11 is 1.40. The van der Waals surface area contributed by atoms with Crippen molar-refractivity contribution < 1.29 is 13.9 Å². The predicted molar refractivity (Wildman–Crippen MR) is 75.8 cm³/mol. The van der Waals surface area contributed by atoms with Gasteiger partial charge in [0.15, 0.2) is 0 Å². The number of rotatable bonds is 3. The highest BCUT2D eigenvalue weighted by Gasteiger charge is 2.22. The van der Waals surface area contributed by atoms with Gasteiger partial charge < -0.3 is 5.11 Å². The third-order valence-electron chi connectivity index (χ3n) is 3.02. The van der Waals surface area contributed by atoms with Crippen LogP contribution in [0.15, 0.2) is 23.6 Å². The normalized spacial score (nSPS) is 13.5. The molecule has 2 rings (SSSR count). The number of halogens is 2. The minimum atomic E-state index is -1.23. The number of benzene rings is 1. The molecule has 0 fully saturated rings. The fraction of sp³-hybridized carbons (Fsp3) is 0.400. The van der Waals surface area contributed by atoms with Crippen LogP contribution in [0.2, 0.25) is 0 Å². The third kappa shape index (κ3) is 3.22. The third-order valence-corrected chi connectivity index (χ3v) is 3.89. The van der Waals surface area contributed by atoms with Crippen LogP contribution in [0.5, 0.6) is 0 Å². The van der Waals surface area contributed by atoms with Gasteiger partial charge in [0.25, 0.3) is 0 Å². The van der Waals surface area contributed by atoms with Gasteiger partial charge in [-0.1, -0.05) is 26.8 Å². The summed E-state index contributed by atoms with van der Waals surface area (Å²) in [6, 6.07) is 3.57. The first-order chi connectivity index (χ1) is 9.29. The number of thiazole rings is 1. The molecule has 0 aliphatic rings. The lowest BCUT2D eigenvalue weighted by Crippen LogP contribution is -2.12. The number of hydrogen-bond acceptors (Lipinski definition) is 3. The Morgan fingerprint density at radius 1 is 1.25 bits per heavy atom. The van der Waals surface area contributed by atoms with E-state index in [1.807, 2.05) is 26.2 Å². The van der Waals surface area contributed by atoms with Crippen molar-refractivity contribution in [3.63, 3.8) is 0 Å². The zero-order valence-corrected chi connectivity index (χ0v) is 12.5. The summed E-state index contributed by atoms with van der Waals surface area (Å²) < 4.78 is 27.2. The Balaban J connectivity index is 2.20. The first kappa shape index (κ1) is 15.1. The van der Waals surface area contributed by atoms with E-state index in [4.69, 9.17) is 0 Å². The van der Waals surface area contributed by atoms with E-state index >= 15 is 0 Å². The van der Waals surface area contributed by atoms with E-state index in [1.54, 1.807) is 0 Å². The molecule has 0 aliphatic heterocycles. The average Bonchev–Trinajstić information content (AvgIpc) is 2.76. The second kappa shape index (κ2) is 5.58. The van der Waals surface area contributed by atoms with Gasteiger partial charge in [0, 0.05) is 17.2 Å². The molecule has 2 aromatic rings. The largest absolute Gasteiger partial charge is 0.388 e. The summed E-state index contributed by atoms with van der Waals surface area (Å²) in [7, 11) is 0. The maximum atomic E-state index is 13.6. The summed E-state index contributed by atoms with van der Waals surface area (Å²) in [5.74, 6) is -1.46. The Labute approximate surface area is 121 Å². The van der Waals surface area contributed by atoms with Gasteiger partial charge in [-0.15, -0.1) is 11.3 Å². The fourth-order valence-electron chi connectivity index (χ4n) is 1.85. The number of aromatic nitrogens is 1. The van der Waals surface area contributed by atoms with Gasteiger partial charge in [-0.05, 0) is 12.1 Å². The number of aliphatic hydroxyl groups is 1. The molecule has 0 radical (unpaired) electrons. The zero-order chi connectivity index (χ0) is 14.9. The van der Waals surface area contributed by atoms with Crippen LogP contribution >= 0.6 is 11.3 Å². The second-order valence-corrected chi connectivity index (χ2v) is 6.67. The maximum absolute atomic E-state index is 13.6. The van der Waals surface area contributed by atoms with Gasteiger partial charge in [0.1, 0.15) is 11.6 Å². The van der Waals surface area contributed by atoms with E-state index in [0.29, 0.717) is 5.01 Å². The van der Waals surface area contributed by atoms with Gasteiger partial charge in [0.05, 0.1) is 22.4 Å². The monoisotopic (exact) mass is 297 g/mol. The molecular weight excluding hydrogens is 280 g/mol. The van der Waals surface area contributed by atoms with Crippen molar-refractivity contribution in [1.82, 2.24) is 4.98 Å². The van der Waals surface area contributed by atoms with Gasteiger partial charge >= 0.3 is 0 Å². The lowest BCUT2D eigenvalue weighted by atomic mass is 9.93. The summed E-state index contributed by atoms with van der Waals surface area (Å²) in [5, 5.41) is 12.6. The predicted octanol–water partition coefficient (Wildman–Crippen LogP) is 3.99. The molecule has 20 heavy (non-hydrogen) atoms. The standard InChI is InChI=1S/C15H17F2NOS/c1-15(2,3)12-8-20-13(18-12)7-11(19)14-9(16)5-4-6-10(14)17/h4-6,8,11,19H,7H2,1-3H3. The highest BCUT2D eigenvalue weighted by Crippen LogP contribution is 2.28. The van der Waals surface area contributed by atoms with Crippen LogP contribution in [-0.2, 0) is 11.8 Å². The van der Waals surface area contributed by atoms with Crippen LogP contribution in [0, 0.1) is 11.6 Å². The summed E-state index contributed by atoms with van der Waals surface area (Å²) in [5.41, 5.74) is 0.543. The van der Waals surface area contributed by atoms with E-state index in [2.05, 4.69) is 4.98 Å². The van der Waals surface area contributed by atoms with Crippen LogP contribution in [0.1, 0.15) is 43.1 Å². The average molecular weight is 297 g/mol. The minimum Gasteiger partial charge on any atom is -0.388 e. The van der Waals surface area contributed by atoms with Crippen molar-refractivity contribution in [3.05, 3.63) is 51.5 Å². The van der Waals surface area contributed by atoms with Crippen molar-refractivity contribution in [2.75, 3.05) is 0 Å². The van der Waals surface area contributed by atoms with Crippen molar-refractivity contribution in [2.45, 2.75) is 38.7 Å². The van der Waals surface area contributed by atoms with Crippen molar-refractivity contribution >= 4 is 11.3 Å². The minimum absolute atomic E-state index is 0.0804. The van der Waals surface area contributed by atoms with Crippen molar-refractivity contribution in [1.29, 1.82) is 0 Å².